The van der Waals surface area contributed by atoms with Crippen molar-refractivity contribution in [3.63, 3.8) is 0 Å². The third kappa shape index (κ3) is 3.86. The number of halogens is 1. The Morgan fingerprint density at radius 3 is 2.56 bits per heavy atom. The van der Waals surface area contributed by atoms with Crippen LogP contribution in [0, 0.1) is 6.92 Å². The first kappa shape index (κ1) is 15.3. The van der Waals surface area contributed by atoms with E-state index in [0.29, 0.717) is 22.8 Å². The summed E-state index contributed by atoms with van der Waals surface area (Å²) in [6.07, 6.45) is 2.87. The van der Waals surface area contributed by atoms with Crippen molar-refractivity contribution in [3.05, 3.63) is 22.7 Å². The van der Waals surface area contributed by atoms with E-state index in [-0.39, 0.29) is 4.90 Å². The fourth-order valence-corrected chi connectivity index (χ4v) is 2.92. The van der Waals surface area contributed by atoms with Gasteiger partial charge in [-0.3, -0.25) is 0 Å². The number of sulfonamides is 1. The van der Waals surface area contributed by atoms with Gasteiger partial charge in [0.15, 0.2) is 0 Å². The minimum atomic E-state index is -3.52. The second-order valence-corrected chi connectivity index (χ2v) is 6.40. The van der Waals surface area contributed by atoms with Crippen LogP contribution in [0.25, 0.3) is 0 Å². The molecule has 1 aromatic rings. The summed E-state index contributed by atoms with van der Waals surface area (Å²) in [6, 6.07) is 2.86. The highest BCUT2D eigenvalue weighted by Crippen LogP contribution is 2.25. The van der Waals surface area contributed by atoms with E-state index in [1.54, 1.807) is 6.92 Å². The minimum absolute atomic E-state index is 0.118. The Bertz CT molecular complexity index is 492. The summed E-state index contributed by atoms with van der Waals surface area (Å²) in [6.45, 7) is 4.25. The fourth-order valence-electron chi connectivity index (χ4n) is 1.49. The number of nitrogen functional groups attached to an aromatic ring is 1. The molecule has 6 heteroatoms. The Morgan fingerprint density at radius 2 is 2.00 bits per heavy atom. The molecule has 0 fully saturated rings. The van der Waals surface area contributed by atoms with Crippen molar-refractivity contribution in [2.24, 2.45) is 0 Å². The van der Waals surface area contributed by atoms with Gasteiger partial charge < -0.3 is 5.73 Å². The van der Waals surface area contributed by atoms with Crippen LogP contribution in [0.1, 0.15) is 31.7 Å². The van der Waals surface area contributed by atoms with Crippen molar-refractivity contribution < 1.29 is 8.42 Å². The lowest BCUT2D eigenvalue weighted by Crippen LogP contribution is -2.25. The van der Waals surface area contributed by atoms with E-state index in [9.17, 15) is 8.42 Å². The van der Waals surface area contributed by atoms with Gasteiger partial charge in [0.1, 0.15) is 0 Å². The van der Waals surface area contributed by atoms with Crippen LogP contribution in [0.4, 0.5) is 5.69 Å². The summed E-state index contributed by atoms with van der Waals surface area (Å²) in [5.41, 5.74) is 6.80. The second kappa shape index (κ2) is 6.41. The Balaban J connectivity index is 2.85. The van der Waals surface area contributed by atoms with E-state index in [2.05, 4.69) is 11.6 Å². The second-order valence-electron chi connectivity index (χ2n) is 4.22. The Morgan fingerprint density at radius 1 is 1.33 bits per heavy atom. The molecule has 1 aromatic carbocycles. The highest BCUT2D eigenvalue weighted by Gasteiger charge is 2.16. The zero-order chi connectivity index (χ0) is 13.8. The zero-order valence-electron chi connectivity index (χ0n) is 10.7. The maximum atomic E-state index is 12.0. The fraction of sp³-hybridized carbons (Fsp3) is 0.500. The minimum Gasteiger partial charge on any atom is -0.398 e. The molecule has 0 amide bonds. The number of hydrogen-bond donors (Lipinski definition) is 2. The van der Waals surface area contributed by atoms with Crippen LogP contribution in [0.3, 0.4) is 0 Å². The van der Waals surface area contributed by atoms with E-state index >= 15 is 0 Å². The summed E-state index contributed by atoms with van der Waals surface area (Å²) >= 11 is 5.94. The van der Waals surface area contributed by atoms with Crippen molar-refractivity contribution in [2.45, 2.75) is 38.0 Å². The molecule has 102 valence electrons. The van der Waals surface area contributed by atoms with Gasteiger partial charge >= 0.3 is 0 Å². The van der Waals surface area contributed by atoms with E-state index < -0.39 is 10.0 Å². The molecule has 18 heavy (non-hydrogen) atoms. The van der Waals surface area contributed by atoms with Crippen LogP contribution in [0.15, 0.2) is 17.0 Å². The van der Waals surface area contributed by atoms with Gasteiger partial charge in [0, 0.05) is 17.3 Å². The third-order valence-electron chi connectivity index (χ3n) is 2.74. The number of rotatable bonds is 6. The van der Waals surface area contributed by atoms with E-state index in [1.807, 2.05) is 0 Å². The van der Waals surface area contributed by atoms with Gasteiger partial charge in [0.2, 0.25) is 10.0 Å². The first-order chi connectivity index (χ1) is 8.38. The Kier molecular flexibility index (Phi) is 5.44. The van der Waals surface area contributed by atoms with E-state index in [4.69, 9.17) is 17.3 Å². The predicted molar refractivity (Wildman–Crippen MR) is 75.3 cm³/mol. The molecule has 0 aliphatic heterocycles. The zero-order valence-corrected chi connectivity index (χ0v) is 12.2. The predicted octanol–water partition coefficient (Wildman–Crippen LogP) is 2.70. The standard InChI is InChI=1S/C12H19ClN2O2S/c1-3-4-5-6-15-18(16,17)10-7-11(13)9(2)12(14)8-10/h7-8,15H,3-6,14H2,1-2H3. The molecular weight excluding hydrogens is 272 g/mol. The number of benzene rings is 1. The van der Waals surface area contributed by atoms with Crippen molar-refractivity contribution in [2.75, 3.05) is 12.3 Å². The van der Waals surface area contributed by atoms with Gasteiger partial charge in [-0.05, 0) is 31.0 Å². The molecule has 0 spiro atoms. The number of hydrogen-bond acceptors (Lipinski definition) is 3. The van der Waals surface area contributed by atoms with Gasteiger partial charge in [-0.1, -0.05) is 31.4 Å². The number of nitrogens with two attached hydrogens (primary N) is 1. The largest absolute Gasteiger partial charge is 0.398 e. The lowest BCUT2D eigenvalue weighted by molar-refractivity contribution is 0.576. The molecule has 0 aliphatic rings. The average molecular weight is 291 g/mol. The highest BCUT2D eigenvalue weighted by molar-refractivity contribution is 7.89. The lowest BCUT2D eigenvalue weighted by atomic mass is 10.2. The number of anilines is 1. The molecule has 0 saturated carbocycles. The van der Waals surface area contributed by atoms with Gasteiger partial charge in [0.25, 0.3) is 0 Å². The summed E-state index contributed by atoms with van der Waals surface area (Å²) in [5, 5.41) is 0.365. The molecule has 0 heterocycles. The van der Waals surface area contributed by atoms with Gasteiger partial charge in [-0.15, -0.1) is 0 Å². The molecular formula is C12H19ClN2O2S. The SMILES string of the molecule is CCCCCNS(=O)(=O)c1cc(N)c(C)c(Cl)c1. The maximum Gasteiger partial charge on any atom is 0.240 e. The number of nitrogens with one attached hydrogen (secondary N) is 1. The van der Waals surface area contributed by atoms with Crippen LogP contribution in [0.2, 0.25) is 5.02 Å². The van der Waals surface area contributed by atoms with E-state index in [0.717, 1.165) is 19.3 Å². The lowest BCUT2D eigenvalue weighted by Gasteiger charge is -2.09. The van der Waals surface area contributed by atoms with E-state index in [1.165, 1.54) is 12.1 Å². The van der Waals surface area contributed by atoms with Crippen molar-refractivity contribution >= 4 is 27.3 Å². The van der Waals surface area contributed by atoms with Gasteiger partial charge in [-0.2, -0.15) is 0 Å². The molecule has 3 N–H and O–H groups in total. The maximum absolute atomic E-state index is 12.0. The molecule has 0 aliphatic carbocycles. The Hall–Kier alpha value is -0.780. The van der Waals surface area contributed by atoms with Gasteiger partial charge in [-0.25, -0.2) is 13.1 Å². The molecule has 1 rings (SSSR count). The summed E-state index contributed by atoms with van der Waals surface area (Å²) in [4.78, 5) is 0.118. The van der Waals surface area contributed by atoms with Crippen LogP contribution in [-0.4, -0.2) is 15.0 Å². The third-order valence-corrected chi connectivity index (χ3v) is 4.57. The van der Waals surface area contributed by atoms with Crippen molar-refractivity contribution in [3.8, 4) is 0 Å². The summed E-state index contributed by atoms with van der Waals surface area (Å²) in [7, 11) is -3.52. The highest BCUT2D eigenvalue weighted by atomic mass is 35.5. The molecule has 0 radical (unpaired) electrons. The van der Waals surface area contributed by atoms with Crippen LogP contribution < -0.4 is 10.5 Å². The first-order valence-corrected chi connectivity index (χ1v) is 7.80. The average Bonchev–Trinajstić information content (AvgIpc) is 2.31. The van der Waals surface area contributed by atoms with Gasteiger partial charge in [0.05, 0.1) is 4.90 Å². The molecule has 0 aromatic heterocycles. The normalized spacial score (nSPS) is 11.7. The smallest absolute Gasteiger partial charge is 0.240 e. The molecule has 0 unspecified atom stereocenters. The monoisotopic (exact) mass is 290 g/mol. The summed E-state index contributed by atoms with van der Waals surface area (Å²) < 4.78 is 26.5. The quantitative estimate of drug-likeness (QED) is 0.625. The topological polar surface area (TPSA) is 72.2 Å². The van der Waals surface area contributed by atoms with Crippen LogP contribution in [-0.2, 0) is 10.0 Å². The molecule has 0 saturated heterocycles. The molecule has 4 nitrogen and oxygen atoms in total. The van der Waals surface area contributed by atoms with Crippen molar-refractivity contribution in [1.82, 2.24) is 4.72 Å². The van der Waals surface area contributed by atoms with Crippen LogP contribution >= 0.6 is 11.6 Å². The molecule has 0 atom stereocenters. The van der Waals surface area contributed by atoms with Crippen molar-refractivity contribution in [1.29, 1.82) is 0 Å². The number of unbranched alkanes of at least 4 members (excludes halogenated alkanes) is 2. The molecule has 0 bridgehead atoms. The Labute approximate surface area is 114 Å². The van der Waals surface area contributed by atoms with Crippen LogP contribution in [0.5, 0.6) is 0 Å². The first-order valence-electron chi connectivity index (χ1n) is 5.93. The summed E-state index contributed by atoms with van der Waals surface area (Å²) in [5.74, 6) is 0.